The van der Waals surface area contributed by atoms with Gasteiger partial charge in [0.05, 0.1) is 12.8 Å². The highest BCUT2D eigenvalue weighted by molar-refractivity contribution is 6.31. The number of amides is 1. The van der Waals surface area contributed by atoms with E-state index in [0.717, 1.165) is 5.56 Å². The molecule has 3 rings (SSSR count). The zero-order chi connectivity index (χ0) is 20.1. The van der Waals surface area contributed by atoms with Crippen LogP contribution in [0.2, 0.25) is 5.02 Å². The van der Waals surface area contributed by atoms with Gasteiger partial charge in [0, 0.05) is 17.1 Å². The Balaban J connectivity index is 1.78. The van der Waals surface area contributed by atoms with Crippen molar-refractivity contribution < 1.29 is 18.3 Å². The van der Waals surface area contributed by atoms with Gasteiger partial charge < -0.3 is 14.1 Å². The molecule has 0 unspecified atom stereocenters. The minimum Gasteiger partial charge on any atom is -0.481 e. The Hall–Kier alpha value is -2.79. The predicted molar refractivity (Wildman–Crippen MR) is 106 cm³/mol. The zero-order valence-corrected chi connectivity index (χ0v) is 16.4. The fourth-order valence-corrected chi connectivity index (χ4v) is 2.95. The Kier molecular flexibility index (Phi) is 6.37. The lowest BCUT2D eigenvalue weighted by atomic mass is 10.2. The van der Waals surface area contributed by atoms with Crippen LogP contribution >= 0.6 is 11.6 Å². The van der Waals surface area contributed by atoms with Crippen molar-refractivity contribution in [1.82, 2.24) is 4.90 Å². The molecule has 4 nitrogen and oxygen atoms in total. The van der Waals surface area contributed by atoms with Crippen molar-refractivity contribution in [3.8, 4) is 5.75 Å². The molecule has 2 aromatic carbocycles. The highest BCUT2D eigenvalue weighted by atomic mass is 35.5. The first kappa shape index (κ1) is 20.0. The smallest absolute Gasteiger partial charge is 0.264 e. The van der Waals surface area contributed by atoms with Gasteiger partial charge >= 0.3 is 0 Å². The molecule has 0 saturated heterocycles. The normalized spacial score (nSPS) is 11.9. The van der Waals surface area contributed by atoms with Crippen LogP contribution in [0.1, 0.15) is 23.8 Å². The van der Waals surface area contributed by atoms with E-state index in [9.17, 15) is 9.18 Å². The monoisotopic (exact) mass is 401 g/mol. The van der Waals surface area contributed by atoms with Gasteiger partial charge in [-0.3, -0.25) is 4.79 Å². The maximum Gasteiger partial charge on any atom is 0.264 e. The number of hydrogen-bond acceptors (Lipinski definition) is 3. The molecule has 0 fully saturated rings. The van der Waals surface area contributed by atoms with E-state index in [-0.39, 0.29) is 24.8 Å². The molecule has 0 radical (unpaired) electrons. The van der Waals surface area contributed by atoms with Crippen molar-refractivity contribution in [2.75, 3.05) is 0 Å². The number of carbonyl (C=O) groups is 1. The summed E-state index contributed by atoms with van der Waals surface area (Å²) in [6.45, 7) is 3.86. The molecular weight excluding hydrogens is 381 g/mol. The van der Waals surface area contributed by atoms with Gasteiger partial charge in [-0.2, -0.15) is 0 Å². The van der Waals surface area contributed by atoms with E-state index in [1.807, 2.05) is 6.92 Å². The summed E-state index contributed by atoms with van der Waals surface area (Å²) in [5.41, 5.74) is 1.29. The number of nitrogens with zero attached hydrogens (tertiary/aromatic N) is 1. The van der Waals surface area contributed by atoms with Crippen molar-refractivity contribution in [3.63, 3.8) is 0 Å². The van der Waals surface area contributed by atoms with E-state index in [1.54, 1.807) is 55.5 Å². The number of ether oxygens (including phenoxy) is 1. The number of halogens is 2. The quantitative estimate of drug-likeness (QED) is 0.534. The largest absolute Gasteiger partial charge is 0.481 e. The highest BCUT2D eigenvalue weighted by Gasteiger charge is 2.24. The summed E-state index contributed by atoms with van der Waals surface area (Å²) >= 11 is 6.04. The number of benzene rings is 2. The summed E-state index contributed by atoms with van der Waals surface area (Å²) in [5.74, 6) is 0.528. The molecule has 1 heterocycles. The second-order valence-electron chi connectivity index (χ2n) is 6.54. The van der Waals surface area contributed by atoms with Gasteiger partial charge in [-0.15, -0.1) is 0 Å². The van der Waals surface area contributed by atoms with Crippen LogP contribution in [-0.2, 0) is 17.9 Å². The van der Waals surface area contributed by atoms with Crippen LogP contribution in [0.5, 0.6) is 5.75 Å². The van der Waals surface area contributed by atoms with E-state index < -0.39 is 6.10 Å². The number of aryl methyl sites for hydroxylation is 1. The summed E-state index contributed by atoms with van der Waals surface area (Å²) in [6.07, 6.45) is 0.777. The summed E-state index contributed by atoms with van der Waals surface area (Å²) < 4.78 is 25.3. The Morgan fingerprint density at radius 3 is 2.64 bits per heavy atom. The summed E-state index contributed by atoms with van der Waals surface area (Å²) in [4.78, 5) is 14.6. The topological polar surface area (TPSA) is 42.7 Å². The second kappa shape index (κ2) is 8.93. The number of carbonyl (C=O) groups excluding carboxylic acids is 1. The van der Waals surface area contributed by atoms with Crippen LogP contribution in [0, 0.1) is 12.7 Å². The maximum atomic E-state index is 14.1. The summed E-state index contributed by atoms with van der Waals surface area (Å²) in [5, 5.41) is 0.630. The van der Waals surface area contributed by atoms with E-state index in [1.165, 1.54) is 17.2 Å². The minimum atomic E-state index is -0.762. The third-order valence-corrected chi connectivity index (χ3v) is 4.77. The first-order chi connectivity index (χ1) is 13.4. The predicted octanol–water partition coefficient (Wildman–Crippen LogP) is 5.38. The molecule has 1 aromatic heterocycles. The van der Waals surface area contributed by atoms with Gasteiger partial charge in [-0.05, 0) is 55.8 Å². The molecule has 0 spiro atoms. The van der Waals surface area contributed by atoms with Crippen molar-refractivity contribution >= 4 is 17.5 Å². The lowest BCUT2D eigenvalue weighted by Crippen LogP contribution is -2.39. The van der Waals surface area contributed by atoms with Gasteiger partial charge in [-0.25, -0.2) is 4.39 Å². The van der Waals surface area contributed by atoms with Gasteiger partial charge in [0.1, 0.15) is 17.3 Å². The molecule has 146 valence electrons. The van der Waals surface area contributed by atoms with E-state index in [2.05, 4.69) is 0 Å². The highest BCUT2D eigenvalue weighted by Crippen LogP contribution is 2.23. The third-order valence-electron chi connectivity index (χ3n) is 4.35. The van der Waals surface area contributed by atoms with Gasteiger partial charge in [0.15, 0.2) is 6.10 Å². The Bertz CT molecular complexity index is 943. The van der Waals surface area contributed by atoms with Crippen molar-refractivity contribution in [2.24, 2.45) is 0 Å². The average molecular weight is 402 g/mol. The Morgan fingerprint density at radius 1 is 1.18 bits per heavy atom. The molecule has 0 bridgehead atoms. The lowest BCUT2D eigenvalue weighted by molar-refractivity contribution is -0.139. The molecule has 6 heteroatoms. The summed E-state index contributed by atoms with van der Waals surface area (Å²) in [7, 11) is 0. The Morgan fingerprint density at radius 2 is 1.96 bits per heavy atom. The van der Waals surface area contributed by atoms with Crippen LogP contribution in [0.15, 0.2) is 65.3 Å². The molecule has 0 aliphatic carbocycles. The molecule has 0 N–H and O–H groups in total. The number of rotatable bonds is 7. The molecule has 28 heavy (non-hydrogen) atoms. The molecule has 0 aliphatic heterocycles. The number of hydrogen-bond donors (Lipinski definition) is 0. The van der Waals surface area contributed by atoms with Gasteiger partial charge in [0.25, 0.3) is 5.91 Å². The van der Waals surface area contributed by atoms with Crippen molar-refractivity contribution in [1.29, 1.82) is 0 Å². The molecule has 1 amide bonds. The fourth-order valence-electron chi connectivity index (χ4n) is 2.84. The fraction of sp³-hybridized carbons (Fsp3) is 0.227. The van der Waals surface area contributed by atoms with Crippen molar-refractivity contribution in [2.45, 2.75) is 33.0 Å². The van der Waals surface area contributed by atoms with Gasteiger partial charge in [-0.1, -0.05) is 29.8 Å². The first-order valence-electron chi connectivity index (χ1n) is 8.91. The van der Waals surface area contributed by atoms with E-state index >= 15 is 0 Å². The number of furan rings is 1. The lowest BCUT2D eigenvalue weighted by Gasteiger charge is -2.26. The summed E-state index contributed by atoms with van der Waals surface area (Å²) in [6, 6.07) is 15.1. The standard InChI is InChI=1S/C22H21ClFNO3/c1-15-12-18(9-10-20(15)23)28-16(2)22(26)25(14-19-7-5-11-27-19)13-17-6-3-4-8-21(17)24/h3-12,16H,13-14H2,1-2H3/t16-/m1/s1. The molecule has 0 aliphatic rings. The van der Waals surface area contributed by atoms with E-state index in [0.29, 0.717) is 22.1 Å². The molecular formula is C22H21ClFNO3. The zero-order valence-electron chi connectivity index (χ0n) is 15.7. The van der Waals surface area contributed by atoms with Crippen molar-refractivity contribution in [3.05, 3.63) is 88.6 Å². The minimum absolute atomic E-state index is 0.111. The van der Waals surface area contributed by atoms with Crippen LogP contribution in [-0.4, -0.2) is 16.9 Å². The van der Waals surface area contributed by atoms with Crippen LogP contribution < -0.4 is 4.74 Å². The van der Waals surface area contributed by atoms with Crippen LogP contribution in [0.4, 0.5) is 4.39 Å². The molecule has 3 aromatic rings. The van der Waals surface area contributed by atoms with E-state index in [4.69, 9.17) is 20.8 Å². The van der Waals surface area contributed by atoms with Crippen LogP contribution in [0.3, 0.4) is 0 Å². The average Bonchev–Trinajstić information content (AvgIpc) is 3.18. The molecule has 1 atom stereocenters. The van der Waals surface area contributed by atoms with Crippen LogP contribution in [0.25, 0.3) is 0 Å². The maximum absolute atomic E-state index is 14.1. The SMILES string of the molecule is Cc1cc(O[C@H](C)C(=O)N(Cc2ccco2)Cc2ccccc2F)ccc1Cl. The third kappa shape index (κ3) is 4.93. The second-order valence-corrected chi connectivity index (χ2v) is 6.94. The van der Waals surface area contributed by atoms with Gasteiger partial charge in [0.2, 0.25) is 0 Å². The molecule has 0 saturated carbocycles. The Labute approximate surface area is 168 Å². The first-order valence-corrected chi connectivity index (χ1v) is 9.29.